The summed E-state index contributed by atoms with van der Waals surface area (Å²) >= 11 is 0. The molecule has 1 N–H and O–H groups in total. The van der Waals surface area contributed by atoms with E-state index in [1.54, 1.807) is 30.0 Å². The monoisotopic (exact) mass is 433 g/mol. The fourth-order valence-electron chi connectivity index (χ4n) is 3.32. The minimum absolute atomic E-state index is 0.0916. The van der Waals surface area contributed by atoms with Gasteiger partial charge in [0.2, 0.25) is 5.91 Å². The second-order valence-electron chi connectivity index (χ2n) is 7.24. The van der Waals surface area contributed by atoms with E-state index in [0.29, 0.717) is 28.2 Å². The van der Waals surface area contributed by atoms with Crippen molar-refractivity contribution >= 4 is 22.6 Å². The molecule has 2 aromatic carbocycles. The van der Waals surface area contributed by atoms with Gasteiger partial charge in [0.15, 0.2) is 5.65 Å². The van der Waals surface area contributed by atoms with E-state index in [1.807, 2.05) is 31.2 Å². The summed E-state index contributed by atoms with van der Waals surface area (Å²) in [5.74, 6) is 0.856. The van der Waals surface area contributed by atoms with E-state index in [0.717, 1.165) is 11.3 Å². The molecule has 0 aliphatic heterocycles. The zero-order valence-electron chi connectivity index (χ0n) is 18.0. The number of rotatable bonds is 7. The molecule has 0 unspecified atom stereocenters. The van der Waals surface area contributed by atoms with Crippen LogP contribution in [0.4, 0.5) is 5.69 Å². The molecule has 0 aliphatic carbocycles. The number of ether oxygens (including phenoxy) is 2. The number of hydrogen-bond donors (Lipinski definition) is 1. The highest BCUT2D eigenvalue weighted by molar-refractivity contribution is 5.92. The lowest BCUT2D eigenvalue weighted by Crippen LogP contribution is -2.23. The lowest BCUT2D eigenvalue weighted by molar-refractivity contribution is -0.116. The fraction of sp³-hybridized carbons (Fsp3) is 0.217. The van der Waals surface area contributed by atoms with Crippen molar-refractivity contribution in [3.63, 3.8) is 0 Å². The minimum atomic E-state index is -0.254. The second-order valence-corrected chi connectivity index (χ2v) is 7.24. The van der Waals surface area contributed by atoms with Gasteiger partial charge in [0.25, 0.3) is 5.56 Å². The van der Waals surface area contributed by atoms with Gasteiger partial charge >= 0.3 is 0 Å². The number of anilines is 1. The second kappa shape index (κ2) is 8.93. The molecule has 0 radical (unpaired) electrons. The normalized spacial score (nSPS) is 10.8. The van der Waals surface area contributed by atoms with E-state index in [9.17, 15) is 9.59 Å². The molecule has 9 nitrogen and oxygen atoms in total. The van der Waals surface area contributed by atoms with Crippen LogP contribution in [0, 0.1) is 6.92 Å². The predicted octanol–water partition coefficient (Wildman–Crippen LogP) is 2.94. The zero-order chi connectivity index (χ0) is 22.7. The summed E-state index contributed by atoms with van der Waals surface area (Å²) in [5.41, 5.74) is 2.71. The first-order valence-corrected chi connectivity index (χ1v) is 10.0. The van der Waals surface area contributed by atoms with Gasteiger partial charge in [0.1, 0.15) is 16.9 Å². The van der Waals surface area contributed by atoms with E-state index < -0.39 is 0 Å². The Balaban J connectivity index is 1.49. The third kappa shape index (κ3) is 4.18. The van der Waals surface area contributed by atoms with Gasteiger partial charge in [0, 0.05) is 19.0 Å². The molecule has 4 aromatic rings. The number of carbonyl (C=O) groups excluding carboxylic acids is 1. The first-order valence-electron chi connectivity index (χ1n) is 10.0. The van der Waals surface area contributed by atoms with Crippen molar-refractivity contribution in [2.75, 3.05) is 19.5 Å². The highest BCUT2D eigenvalue weighted by Gasteiger charge is 2.13. The Kier molecular flexibility index (Phi) is 5.89. The van der Waals surface area contributed by atoms with E-state index in [2.05, 4.69) is 15.4 Å². The third-order valence-electron chi connectivity index (χ3n) is 5.10. The van der Waals surface area contributed by atoms with E-state index in [4.69, 9.17) is 9.47 Å². The number of fused-ring (bicyclic) bond motifs is 1. The first-order chi connectivity index (χ1) is 15.5. The van der Waals surface area contributed by atoms with Crippen LogP contribution in [-0.4, -0.2) is 39.5 Å². The SMILES string of the molecule is COc1ccc(NC(=O)CCn2cnc3c(cnn3-c3ccc(C)cc3)c2=O)c(OC)c1. The Bertz CT molecular complexity index is 1320. The standard InChI is InChI=1S/C23H23N5O4/c1-15-4-6-16(7-5-15)28-22-18(13-25-28)23(30)27(14-24-22)11-10-21(29)26-19-9-8-17(31-2)12-20(19)32-3/h4-9,12-14H,10-11H2,1-3H3,(H,26,29). The van der Waals surface area contributed by atoms with Crippen molar-refractivity contribution in [3.05, 3.63) is 70.9 Å². The van der Waals surface area contributed by atoms with Gasteiger partial charge in [-0.25, -0.2) is 9.67 Å². The Morgan fingerprint density at radius 2 is 1.88 bits per heavy atom. The molecule has 2 heterocycles. The van der Waals surface area contributed by atoms with Crippen LogP contribution in [0.2, 0.25) is 0 Å². The molecule has 9 heteroatoms. The molecular formula is C23H23N5O4. The van der Waals surface area contributed by atoms with Gasteiger partial charge in [-0.3, -0.25) is 14.2 Å². The maximum atomic E-state index is 12.9. The van der Waals surface area contributed by atoms with Gasteiger partial charge in [-0.15, -0.1) is 0 Å². The summed E-state index contributed by atoms with van der Waals surface area (Å²) in [7, 11) is 3.07. The van der Waals surface area contributed by atoms with Gasteiger partial charge in [0.05, 0.1) is 38.1 Å². The third-order valence-corrected chi connectivity index (χ3v) is 5.10. The van der Waals surface area contributed by atoms with Crippen molar-refractivity contribution in [2.45, 2.75) is 19.9 Å². The number of methoxy groups -OCH3 is 2. The molecule has 0 fully saturated rings. The Morgan fingerprint density at radius 3 is 2.59 bits per heavy atom. The molecule has 0 saturated heterocycles. The number of aromatic nitrogens is 4. The van der Waals surface area contributed by atoms with Crippen LogP contribution >= 0.6 is 0 Å². The van der Waals surface area contributed by atoms with Crippen LogP contribution < -0.4 is 20.3 Å². The Labute approximate surface area is 184 Å². The molecule has 32 heavy (non-hydrogen) atoms. The van der Waals surface area contributed by atoms with Crippen LogP contribution in [0.25, 0.3) is 16.7 Å². The minimum Gasteiger partial charge on any atom is -0.497 e. The smallest absolute Gasteiger partial charge is 0.264 e. The van der Waals surface area contributed by atoms with E-state index in [1.165, 1.54) is 24.2 Å². The first kappa shape index (κ1) is 21.1. The molecule has 0 atom stereocenters. The molecule has 4 rings (SSSR count). The van der Waals surface area contributed by atoms with Crippen LogP contribution in [0.15, 0.2) is 59.8 Å². The quantitative estimate of drug-likeness (QED) is 0.481. The van der Waals surface area contributed by atoms with Crippen LogP contribution in [0.3, 0.4) is 0 Å². The number of carbonyl (C=O) groups is 1. The largest absolute Gasteiger partial charge is 0.497 e. The van der Waals surface area contributed by atoms with E-state index >= 15 is 0 Å². The topological polar surface area (TPSA) is 100 Å². The van der Waals surface area contributed by atoms with Crippen LogP contribution in [-0.2, 0) is 11.3 Å². The average Bonchev–Trinajstić information content (AvgIpc) is 3.24. The van der Waals surface area contributed by atoms with Crippen LogP contribution in [0.1, 0.15) is 12.0 Å². The molecule has 1 amide bonds. The molecule has 2 aromatic heterocycles. The molecule has 0 spiro atoms. The zero-order valence-corrected chi connectivity index (χ0v) is 18.0. The summed E-state index contributed by atoms with van der Waals surface area (Å²) in [5, 5.41) is 7.51. The Morgan fingerprint density at radius 1 is 1.09 bits per heavy atom. The number of nitrogens with one attached hydrogen (secondary N) is 1. The molecule has 0 aliphatic rings. The van der Waals surface area contributed by atoms with Gasteiger partial charge in [-0.2, -0.15) is 5.10 Å². The number of hydrogen-bond acceptors (Lipinski definition) is 6. The number of amides is 1. The summed E-state index contributed by atoms with van der Waals surface area (Å²) in [6, 6.07) is 12.9. The summed E-state index contributed by atoms with van der Waals surface area (Å²) in [4.78, 5) is 29.7. The maximum Gasteiger partial charge on any atom is 0.264 e. The Hall–Kier alpha value is -4.14. The highest BCUT2D eigenvalue weighted by Crippen LogP contribution is 2.29. The number of benzene rings is 2. The van der Waals surface area contributed by atoms with Crippen molar-refractivity contribution in [1.82, 2.24) is 19.3 Å². The molecular weight excluding hydrogens is 410 g/mol. The average molecular weight is 433 g/mol. The van der Waals surface area contributed by atoms with Gasteiger partial charge in [-0.05, 0) is 31.2 Å². The molecule has 0 bridgehead atoms. The van der Waals surface area contributed by atoms with Gasteiger partial charge < -0.3 is 14.8 Å². The maximum absolute atomic E-state index is 12.9. The van der Waals surface area contributed by atoms with Crippen LogP contribution in [0.5, 0.6) is 11.5 Å². The van der Waals surface area contributed by atoms with Crippen molar-refractivity contribution in [3.8, 4) is 17.2 Å². The molecule has 164 valence electrons. The number of aryl methyl sites for hydroxylation is 2. The summed E-state index contributed by atoms with van der Waals surface area (Å²) in [6.07, 6.45) is 3.04. The summed E-state index contributed by atoms with van der Waals surface area (Å²) < 4.78 is 13.5. The fourth-order valence-corrected chi connectivity index (χ4v) is 3.32. The van der Waals surface area contributed by atoms with E-state index in [-0.39, 0.29) is 24.4 Å². The highest BCUT2D eigenvalue weighted by atomic mass is 16.5. The van der Waals surface area contributed by atoms with Gasteiger partial charge in [-0.1, -0.05) is 17.7 Å². The molecule has 0 saturated carbocycles. The van der Waals surface area contributed by atoms with Crippen molar-refractivity contribution in [1.29, 1.82) is 0 Å². The van der Waals surface area contributed by atoms with Crippen molar-refractivity contribution < 1.29 is 14.3 Å². The number of nitrogens with zero attached hydrogens (tertiary/aromatic N) is 4. The lowest BCUT2D eigenvalue weighted by Gasteiger charge is -2.12. The summed E-state index contributed by atoms with van der Waals surface area (Å²) in [6.45, 7) is 2.19. The lowest BCUT2D eigenvalue weighted by atomic mass is 10.2. The predicted molar refractivity (Wildman–Crippen MR) is 121 cm³/mol. The van der Waals surface area contributed by atoms with Crippen molar-refractivity contribution in [2.24, 2.45) is 0 Å².